The number of anilines is 1. The molecule has 1 fully saturated rings. The number of aryl methyl sites for hydroxylation is 1. The van der Waals surface area contributed by atoms with Crippen LogP contribution < -0.4 is 4.90 Å². The van der Waals surface area contributed by atoms with Gasteiger partial charge in [0.05, 0.1) is 54.9 Å². The van der Waals surface area contributed by atoms with E-state index in [9.17, 15) is 18.3 Å². The lowest BCUT2D eigenvalue weighted by molar-refractivity contribution is -0.138. The number of fused-ring (bicyclic) bond motifs is 1. The average Bonchev–Trinajstić information content (AvgIpc) is 3.10. The first-order valence-electron chi connectivity index (χ1n) is 11.2. The summed E-state index contributed by atoms with van der Waals surface area (Å²) in [7, 11) is 48.9. The Hall–Kier alpha value is -2.13. The van der Waals surface area contributed by atoms with Gasteiger partial charge in [0.15, 0.2) is 5.65 Å². The van der Waals surface area contributed by atoms with Gasteiger partial charge in [-0.15, -0.1) is 5.10 Å². The van der Waals surface area contributed by atoms with E-state index < -0.39 is 39.8 Å². The van der Waals surface area contributed by atoms with Crippen LogP contribution in [0.3, 0.4) is 0 Å². The Balaban J connectivity index is 1.94. The van der Waals surface area contributed by atoms with Crippen LogP contribution in [0.4, 0.5) is 19.0 Å². The highest BCUT2D eigenvalue weighted by Gasteiger charge is 2.57. The average molecular weight is 499 g/mol. The number of aromatic nitrogens is 3. The number of hydrogen-bond acceptors (Lipinski definition) is 5. The van der Waals surface area contributed by atoms with Crippen molar-refractivity contribution < 1.29 is 23.0 Å². The summed E-state index contributed by atoms with van der Waals surface area (Å²) in [5.41, 5.74) is 0.756. The van der Waals surface area contributed by atoms with Gasteiger partial charge < -0.3 is 14.7 Å². The van der Waals surface area contributed by atoms with E-state index in [2.05, 4.69) is 10.1 Å². The second kappa shape index (κ2) is 8.95. The number of ether oxygens (including phenoxy) is 1. The third kappa shape index (κ3) is 4.34. The van der Waals surface area contributed by atoms with E-state index in [1.807, 2.05) is 0 Å². The molecule has 16 radical (unpaired) electrons. The minimum absolute atomic E-state index is 0.0119. The monoisotopic (exact) mass is 500 g/mol. The van der Waals surface area contributed by atoms with Gasteiger partial charge >= 0.3 is 6.18 Å². The number of aliphatic hydroxyl groups excluding tert-OH is 1. The minimum atomic E-state index is -4.55. The lowest BCUT2D eigenvalue weighted by Gasteiger charge is -2.70. The Morgan fingerprint density at radius 1 is 0.974 bits per heavy atom. The number of aliphatic hydroxyl groups is 1. The van der Waals surface area contributed by atoms with Crippen LogP contribution >= 0.6 is 0 Å². The summed E-state index contributed by atoms with van der Waals surface area (Å²) >= 11 is 0. The minimum Gasteiger partial charge on any atom is -0.405 e. The number of halogens is 3. The van der Waals surface area contributed by atoms with Gasteiger partial charge in [0.25, 0.3) is 0 Å². The van der Waals surface area contributed by atoms with Crippen molar-refractivity contribution in [2.24, 2.45) is 0 Å². The van der Waals surface area contributed by atoms with E-state index in [4.69, 9.17) is 67.5 Å². The quantitative estimate of drug-likeness (QED) is 0.480. The van der Waals surface area contributed by atoms with Gasteiger partial charge in [0, 0.05) is 6.42 Å². The summed E-state index contributed by atoms with van der Waals surface area (Å²) in [6.45, 7) is 2.48. The van der Waals surface area contributed by atoms with Crippen molar-refractivity contribution in [2.75, 3.05) is 4.90 Å². The molecule has 1 aliphatic rings. The Labute approximate surface area is 229 Å². The number of imidazole rings is 1. The van der Waals surface area contributed by atoms with Gasteiger partial charge in [-0.25, -0.2) is 9.50 Å². The maximum Gasteiger partial charge on any atom is 0.416 e. The van der Waals surface area contributed by atoms with Crippen molar-refractivity contribution in [3.05, 3.63) is 57.9 Å². The molecule has 1 N–H and O–H groups in total. The molecule has 4 rings (SSSR count). The second-order valence-electron chi connectivity index (χ2n) is 9.52. The molecule has 176 valence electrons. The molecule has 0 saturated carbocycles. The summed E-state index contributed by atoms with van der Waals surface area (Å²) < 4.78 is 47.1. The van der Waals surface area contributed by atoms with Crippen molar-refractivity contribution in [3.8, 4) is 0 Å². The molecule has 1 aromatic carbocycles. The molecule has 2 aromatic heterocycles. The Kier molecular flexibility index (Phi) is 6.80. The van der Waals surface area contributed by atoms with Crippen LogP contribution in [0.15, 0.2) is 24.3 Å². The fraction of sp³-hybridized carbons (Fsp3) is 0.429. The van der Waals surface area contributed by atoms with Gasteiger partial charge in [-0.3, -0.25) is 0 Å². The summed E-state index contributed by atoms with van der Waals surface area (Å²) in [5, 5.41) is 5.08. The van der Waals surface area contributed by atoms with Crippen molar-refractivity contribution >= 4 is 74.2 Å². The first-order valence-corrected chi connectivity index (χ1v) is 11.2. The molecule has 0 amide bonds. The molecule has 0 atom stereocenters. The van der Waals surface area contributed by atoms with Crippen LogP contribution in [0.1, 0.15) is 33.6 Å². The lowest BCUT2D eigenvalue weighted by atomic mass is 9.30. The van der Waals surface area contributed by atoms with Gasteiger partial charge in [0.1, 0.15) is 37.2 Å². The molecule has 6 nitrogen and oxygen atoms in total. The Bertz CT molecular complexity index is 1390. The summed E-state index contributed by atoms with van der Waals surface area (Å²) in [4.78, 5) is 5.30. The predicted molar refractivity (Wildman–Crippen MR) is 143 cm³/mol. The third-order valence-corrected chi connectivity index (χ3v) is 6.75. The van der Waals surface area contributed by atoms with E-state index in [1.165, 1.54) is 29.6 Å². The molecule has 0 bridgehead atoms. The number of morpholine rings is 1. The zero-order chi connectivity index (χ0) is 28.6. The normalized spacial score (nSPS) is 20.0. The molecule has 3 heterocycles. The maximum atomic E-state index is 13.5. The summed E-state index contributed by atoms with van der Waals surface area (Å²) in [6, 6.07) is 5.27. The van der Waals surface area contributed by atoms with Gasteiger partial charge in [0.2, 0.25) is 0 Å². The zero-order valence-electron chi connectivity index (χ0n) is 20.6. The number of alkyl halides is 3. The van der Waals surface area contributed by atoms with E-state index in [1.54, 1.807) is 6.92 Å². The van der Waals surface area contributed by atoms with Crippen LogP contribution in [0.2, 0.25) is 0 Å². The maximum absolute atomic E-state index is 13.5. The van der Waals surface area contributed by atoms with E-state index in [-0.39, 0.29) is 34.8 Å². The standard InChI is InChI=1S/C21H15B8F3N4O2/c1-9-6-15(36-18(22,23)20(26,27)38-21(28,29)19(36,24)25)34-35-14(13(8-37)33-16(9)35)7-11-4-3-5-12(10(11)2)17(30,31)32/h3-6,37H,7-8H2,1-2H3. The highest BCUT2D eigenvalue weighted by Crippen LogP contribution is 2.42. The van der Waals surface area contributed by atoms with Crippen LogP contribution in [0.5, 0.6) is 0 Å². The summed E-state index contributed by atoms with van der Waals surface area (Å²) in [6.07, 6.45) is -4.63. The van der Waals surface area contributed by atoms with E-state index >= 15 is 0 Å². The second-order valence-corrected chi connectivity index (χ2v) is 9.52. The molecule has 0 spiro atoms. The summed E-state index contributed by atoms with van der Waals surface area (Å²) in [5.74, 6) is -0.113. The van der Waals surface area contributed by atoms with Crippen LogP contribution in [0, 0.1) is 13.8 Å². The van der Waals surface area contributed by atoms with Crippen molar-refractivity contribution in [1.82, 2.24) is 14.6 Å². The molecule has 1 saturated heterocycles. The van der Waals surface area contributed by atoms with Crippen molar-refractivity contribution in [2.45, 2.75) is 54.5 Å². The predicted octanol–water partition coefficient (Wildman–Crippen LogP) is -0.752. The third-order valence-electron chi connectivity index (χ3n) is 6.75. The zero-order valence-corrected chi connectivity index (χ0v) is 20.6. The first kappa shape index (κ1) is 28.9. The highest BCUT2D eigenvalue weighted by atomic mass is 19.4. The molecule has 38 heavy (non-hydrogen) atoms. The van der Waals surface area contributed by atoms with Gasteiger partial charge in [-0.2, -0.15) is 13.2 Å². The SMILES string of the molecule is [B]C1([B])OC([B])([B])C([B])([B])N(c2cc(C)c3nc(CO)c(Cc4cccc(C(F)(F)F)c4C)n3n2)C1([B])[B]. The Morgan fingerprint density at radius 3 is 2.08 bits per heavy atom. The van der Waals surface area contributed by atoms with Crippen molar-refractivity contribution in [1.29, 1.82) is 0 Å². The van der Waals surface area contributed by atoms with Crippen LogP contribution in [0.25, 0.3) is 5.65 Å². The van der Waals surface area contributed by atoms with Gasteiger partial charge in [-0.05, 0) is 64.1 Å². The van der Waals surface area contributed by atoms with E-state index in [0.717, 1.165) is 11.0 Å². The fourth-order valence-electron chi connectivity index (χ4n) is 4.50. The topological polar surface area (TPSA) is 62.9 Å². The smallest absolute Gasteiger partial charge is 0.405 e. The molecule has 17 heteroatoms. The molecule has 0 aliphatic carbocycles. The molecule has 1 aliphatic heterocycles. The van der Waals surface area contributed by atoms with Gasteiger partial charge in [-0.1, -0.05) is 12.1 Å². The Morgan fingerprint density at radius 2 is 1.55 bits per heavy atom. The molecular weight excluding hydrogens is 484 g/mol. The van der Waals surface area contributed by atoms with Crippen LogP contribution in [-0.4, -0.2) is 104 Å². The number of nitrogens with zero attached hydrogens (tertiary/aromatic N) is 4. The first-order chi connectivity index (χ1) is 17.3. The lowest BCUT2D eigenvalue weighted by Crippen LogP contribution is -2.86. The number of hydrogen-bond donors (Lipinski definition) is 1. The molecular formula is C21H15B8F3N4O2. The van der Waals surface area contributed by atoms with Crippen LogP contribution in [-0.2, 0) is 23.9 Å². The molecule has 0 unspecified atom stereocenters. The largest absolute Gasteiger partial charge is 0.416 e. The number of benzene rings is 1. The molecule has 3 aromatic rings. The fourth-order valence-corrected chi connectivity index (χ4v) is 4.50. The highest BCUT2D eigenvalue weighted by molar-refractivity contribution is 6.61. The number of rotatable bonds is 4. The van der Waals surface area contributed by atoms with Crippen molar-refractivity contribution in [3.63, 3.8) is 0 Å². The van der Waals surface area contributed by atoms with E-state index in [0.29, 0.717) is 11.1 Å².